The molecule has 2 atom stereocenters. The van der Waals surface area contributed by atoms with Crippen molar-refractivity contribution in [2.75, 3.05) is 6.54 Å². The van der Waals surface area contributed by atoms with Crippen molar-refractivity contribution in [3.63, 3.8) is 0 Å². The van der Waals surface area contributed by atoms with Crippen molar-refractivity contribution in [1.29, 1.82) is 0 Å². The number of amides is 2. The van der Waals surface area contributed by atoms with E-state index in [1.807, 2.05) is 30.3 Å². The molecular weight excluding hydrogens is 439 g/mol. The molecule has 0 fully saturated rings. The van der Waals surface area contributed by atoms with Crippen molar-refractivity contribution >= 4 is 23.9 Å². The Morgan fingerprint density at radius 1 is 1.06 bits per heavy atom. The molecule has 0 aliphatic rings. The molecular formula is C19H26F3N3O7. The van der Waals surface area contributed by atoms with Crippen LogP contribution in [0.15, 0.2) is 30.3 Å². The van der Waals surface area contributed by atoms with Gasteiger partial charge < -0.3 is 31.3 Å². The first-order valence-corrected chi connectivity index (χ1v) is 9.39. The molecule has 180 valence electrons. The fourth-order valence-corrected chi connectivity index (χ4v) is 2.05. The molecule has 0 radical (unpaired) electrons. The molecule has 0 aliphatic heterocycles. The number of carboxylic acid groups (broad SMARTS) is 2. The molecule has 0 bridgehead atoms. The minimum absolute atomic E-state index is 0.0812. The number of halogens is 3. The molecule has 0 saturated carbocycles. The van der Waals surface area contributed by atoms with E-state index in [0.29, 0.717) is 19.4 Å². The van der Waals surface area contributed by atoms with E-state index in [2.05, 4.69) is 10.6 Å². The third-order valence-corrected chi connectivity index (χ3v) is 3.74. The van der Waals surface area contributed by atoms with Crippen LogP contribution >= 0.6 is 0 Å². The van der Waals surface area contributed by atoms with Gasteiger partial charge in [0.25, 0.3) is 0 Å². The van der Waals surface area contributed by atoms with Crippen LogP contribution in [-0.2, 0) is 25.7 Å². The van der Waals surface area contributed by atoms with Gasteiger partial charge in [0.2, 0.25) is 5.91 Å². The lowest BCUT2D eigenvalue weighted by molar-refractivity contribution is -0.192. The lowest BCUT2D eigenvalue weighted by Gasteiger charge is -2.18. The van der Waals surface area contributed by atoms with Gasteiger partial charge in [0.1, 0.15) is 18.7 Å². The number of alkyl carbamates (subject to hydrolysis) is 1. The number of ether oxygens (including phenoxy) is 1. The molecule has 1 aromatic rings. The number of carbonyl (C=O) groups is 4. The van der Waals surface area contributed by atoms with Gasteiger partial charge in [-0.05, 0) is 38.3 Å². The van der Waals surface area contributed by atoms with E-state index in [-0.39, 0.29) is 13.0 Å². The zero-order chi connectivity index (χ0) is 24.7. The number of carboxylic acids is 2. The largest absolute Gasteiger partial charge is 0.490 e. The molecule has 1 aromatic carbocycles. The van der Waals surface area contributed by atoms with Gasteiger partial charge >= 0.3 is 24.2 Å². The number of hydrogen-bond acceptors (Lipinski definition) is 6. The number of rotatable bonds is 10. The predicted molar refractivity (Wildman–Crippen MR) is 105 cm³/mol. The molecule has 13 heteroatoms. The Balaban J connectivity index is 0.00000118. The van der Waals surface area contributed by atoms with Crippen LogP contribution in [0, 0.1) is 0 Å². The molecule has 0 heterocycles. The summed E-state index contributed by atoms with van der Waals surface area (Å²) >= 11 is 0. The van der Waals surface area contributed by atoms with E-state index in [1.54, 1.807) is 0 Å². The smallest absolute Gasteiger partial charge is 0.480 e. The van der Waals surface area contributed by atoms with Gasteiger partial charge in [-0.3, -0.25) is 4.79 Å². The van der Waals surface area contributed by atoms with Gasteiger partial charge in [0, 0.05) is 0 Å². The van der Waals surface area contributed by atoms with Gasteiger partial charge in [-0.25, -0.2) is 14.4 Å². The van der Waals surface area contributed by atoms with Crippen LogP contribution in [0.2, 0.25) is 0 Å². The number of nitrogens with two attached hydrogens (primary N) is 1. The SMILES string of the molecule is C[C@H](NC(=O)OCc1ccccc1)C(=O)N[C@@H](CCCCN)C(=O)O.O=C(O)C(F)(F)F. The number of hydrogen-bond donors (Lipinski definition) is 5. The van der Waals surface area contributed by atoms with Gasteiger partial charge in [-0.2, -0.15) is 13.2 Å². The summed E-state index contributed by atoms with van der Waals surface area (Å²) in [6, 6.07) is 7.18. The Bertz CT molecular complexity index is 745. The molecule has 32 heavy (non-hydrogen) atoms. The fraction of sp³-hybridized carbons (Fsp3) is 0.474. The van der Waals surface area contributed by atoms with Crippen LogP contribution in [0.5, 0.6) is 0 Å². The first kappa shape index (κ1) is 28.6. The maximum atomic E-state index is 12.0. The number of aliphatic carboxylic acids is 2. The number of carbonyl (C=O) groups excluding carboxylic acids is 2. The number of nitrogens with one attached hydrogen (secondary N) is 2. The summed E-state index contributed by atoms with van der Waals surface area (Å²) in [5.74, 6) is -4.46. The molecule has 2 amide bonds. The van der Waals surface area contributed by atoms with E-state index in [0.717, 1.165) is 5.56 Å². The molecule has 0 unspecified atom stereocenters. The van der Waals surface area contributed by atoms with Crippen molar-refractivity contribution in [2.24, 2.45) is 5.73 Å². The standard InChI is InChI=1S/C17H25N3O5.C2HF3O2/c1-12(15(21)20-14(16(22)23)9-5-6-10-18)19-17(24)25-11-13-7-3-2-4-8-13;3-2(4,5)1(6)7/h2-4,7-8,12,14H,5-6,9-11,18H2,1H3,(H,19,24)(H,20,21)(H,22,23);(H,6,7)/t12-,14-;/m0./s1. The third-order valence-electron chi connectivity index (χ3n) is 3.74. The average Bonchev–Trinajstić information content (AvgIpc) is 2.71. The fourth-order valence-electron chi connectivity index (χ4n) is 2.05. The molecule has 0 aromatic heterocycles. The number of alkyl halides is 3. The van der Waals surface area contributed by atoms with Crippen molar-refractivity contribution in [3.05, 3.63) is 35.9 Å². The van der Waals surface area contributed by atoms with Crippen molar-refractivity contribution in [2.45, 2.75) is 51.1 Å². The van der Waals surface area contributed by atoms with Gasteiger partial charge in [-0.1, -0.05) is 30.3 Å². The van der Waals surface area contributed by atoms with Gasteiger partial charge in [-0.15, -0.1) is 0 Å². The normalized spacial score (nSPS) is 12.4. The minimum atomic E-state index is -5.08. The quantitative estimate of drug-likeness (QED) is 0.325. The van der Waals surface area contributed by atoms with E-state index < -0.39 is 42.2 Å². The monoisotopic (exact) mass is 465 g/mol. The summed E-state index contributed by atoms with van der Waals surface area (Å²) in [6.07, 6.45) is -4.28. The van der Waals surface area contributed by atoms with Gasteiger partial charge in [0.05, 0.1) is 0 Å². The Hall–Kier alpha value is -3.35. The summed E-state index contributed by atoms with van der Waals surface area (Å²) in [6.45, 7) is 2.00. The van der Waals surface area contributed by atoms with Crippen LogP contribution < -0.4 is 16.4 Å². The summed E-state index contributed by atoms with van der Waals surface area (Å²) in [5.41, 5.74) is 6.19. The zero-order valence-electron chi connectivity index (χ0n) is 17.2. The zero-order valence-corrected chi connectivity index (χ0v) is 17.2. The predicted octanol–water partition coefficient (Wildman–Crippen LogP) is 1.63. The maximum absolute atomic E-state index is 12.0. The second-order valence-electron chi connectivity index (χ2n) is 6.41. The second kappa shape index (κ2) is 14.6. The van der Waals surface area contributed by atoms with Crippen LogP contribution in [0.3, 0.4) is 0 Å². The topological polar surface area (TPSA) is 168 Å². The average molecular weight is 465 g/mol. The molecule has 1 rings (SSSR count). The molecule has 6 N–H and O–H groups in total. The number of benzene rings is 1. The van der Waals surface area contributed by atoms with Crippen molar-refractivity contribution < 1.29 is 47.3 Å². The highest BCUT2D eigenvalue weighted by Gasteiger charge is 2.38. The summed E-state index contributed by atoms with van der Waals surface area (Å²) in [5, 5.41) is 21.0. The third kappa shape index (κ3) is 13.1. The Labute approximate surface area is 181 Å². The van der Waals surface area contributed by atoms with Crippen LogP contribution in [0.25, 0.3) is 0 Å². The summed E-state index contributed by atoms with van der Waals surface area (Å²) < 4.78 is 36.8. The van der Waals surface area contributed by atoms with E-state index in [9.17, 15) is 27.6 Å². The molecule has 10 nitrogen and oxygen atoms in total. The summed E-state index contributed by atoms with van der Waals surface area (Å²) in [7, 11) is 0. The highest BCUT2D eigenvalue weighted by molar-refractivity contribution is 5.88. The molecule has 0 saturated heterocycles. The van der Waals surface area contributed by atoms with Crippen molar-refractivity contribution in [3.8, 4) is 0 Å². The lowest BCUT2D eigenvalue weighted by atomic mass is 10.1. The second-order valence-corrected chi connectivity index (χ2v) is 6.41. The van der Waals surface area contributed by atoms with Gasteiger partial charge in [0.15, 0.2) is 0 Å². The Morgan fingerprint density at radius 3 is 2.09 bits per heavy atom. The lowest BCUT2D eigenvalue weighted by Crippen LogP contribution is -2.50. The van der Waals surface area contributed by atoms with Crippen LogP contribution in [0.1, 0.15) is 31.7 Å². The Morgan fingerprint density at radius 2 is 1.62 bits per heavy atom. The molecule has 0 spiro atoms. The van der Waals surface area contributed by atoms with E-state index in [1.165, 1.54) is 6.92 Å². The Kier molecular flexibility index (Phi) is 13.1. The number of unbranched alkanes of at least 4 members (excludes halogenated alkanes) is 1. The van der Waals surface area contributed by atoms with Crippen LogP contribution in [0.4, 0.5) is 18.0 Å². The van der Waals surface area contributed by atoms with E-state index in [4.69, 9.17) is 25.5 Å². The van der Waals surface area contributed by atoms with Crippen LogP contribution in [-0.4, -0.2) is 59.0 Å². The first-order valence-electron chi connectivity index (χ1n) is 9.39. The van der Waals surface area contributed by atoms with E-state index >= 15 is 0 Å². The minimum Gasteiger partial charge on any atom is -0.480 e. The summed E-state index contributed by atoms with van der Waals surface area (Å²) in [4.78, 5) is 43.8. The van der Waals surface area contributed by atoms with Crippen molar-refractivity contribution in [1.82, 2.24) is 10.6 Å². The molecule has 0 aliphatic carbocycles. The highest BCUT2D eigenvalue weighted by atomic mass is 19.4. The first-order chi connectivity index (χ1) is 14.9. The highest BCUT2D eigenvalue weighted by Crippen LogP contribution is 2.13. The maximum Gasteiger partial charge on any atom is 0.490 e.